The van der Waals surface area contributed by atoms with E-state index >= 15 is 0 Å². The van der Waals surface area contributed by atoms with Crippen molar-refractivity contribution in [3.8, 4) is 0 Å². The number of rotatable bonds is 11. The molecule has 230 valence electrons. The SMILES string of the molecule is CNC(=O)[C@@H](Cc1ccccc1)N(Cc1c(Cl)cccc1Cl)C(=O)CN(c1ccc(Cl)c(Cl)c1)S(=O)(=O)c1ccc(C)cc1. The number of carbonyl (C=O) groups is 2. The van der Waals surface area contributed by atoms with Crippen molar-refractivity contribution in [1.29, 1.82) is 0 Å². The van der Waals surface area contributed by atoms with Gasteiger partial charge in [0.1, 0.15) is 12.6 Å². The number of likely N-dealkylation sites (N-methyl/N-ethyl adjacent to an activating group) is 1. The van der Waals surface area contributed by atoms with Crippen LogP contribution in [0.2, 0.25) is 20.1 Å². The maximum Gasteiger partial charge on any atom is 0.264 e. The normalized spacial score (nSPS) is 12.0. The van der Waals surface area contributed by atoms with Crippen molar-refractivity contribution in [3.05, 3.63) is 128 Å². The Bertz CT molecular complexity index is 1730. The van der Waals surface area contributed by atoms with Crippen molar-refractivity contribution in [2.24, 2.45) is 0 Å². The lowest BCUT2D eigenvalue weighted by atomic mass is 10.0. The predicted molar refractivity (Wildman–Crippen MR) is 177 cm³/mol. The Morgan fingerprint density at radius 2 is 1.43 bits per heavy atom. The number of amides is 2. The average molecular weight is 693 g/mol. The van der Waals surface area contributed by atoms with Crippen LogP contribution in [0.4, 0.5) is 5.69 Å². The lowest BCUT2D eigenvalue weighted by molar-refractivity contribution is -0.139. The van der Waals surface area contributed by atoms with E-state index in [2.05, 4.69) is 5.32 Å². The first-order valence-corrected chi connectivity index (χ1v) is 16.4. The summed E-state index contributed by atoms with van der Waals surface area (Å²) in [4.78, 5) is 29.0. The Kier molecular flexibility index (Phi) is 11.2. The highest BCUT2D eigenvalue weighted by molar-refractivity contribution is 7.92. The highest BCUT2D eigenvalue weighted by Crippen LogP contribution is 2.32. The molecule has 0 aliphatic heterocycles. The van der Waals surface area contributed by atoms with Crippen LogP contribution in [0, 0.1) is 6.92 Å². The van der Waals surface area contributed by atoms with E-state index in [4.69, 9.17) is 46.4 Å². The van der Waals surface area contributed by atoms with Gasteiger partial charge in [0.05, 0.1) is 20.6 Å². The van der Waals surface area contributed by atoms with E-state index in [1.807, 2.05) is 37.3 Å². The van der Waals surface area contributed by atoms with Crippen LogP contribution >= 0.6 is 46.4 Å². The van der Waals surface area contributed by atoms with Gasteiger partial charge in [0.25, 0.3) is 10.0 Å². The Morgan fingerprint density at radius 3 is 2.02 bits per heavy atom. The Morgan fingerprint density at radius 1 is 0.795 bits per heavy atom. The fraction of sp³-hybridized carbons (Fsp3) is 0.188. The Hall–Kier alpha value is -3.27. The van der Waals surface area contributed by atoms with E-state index < -0.39 is 34.4 Å². The molecule has 1 atom stereocenters. The van der Waals surface area contributed by atoms with Crippen LogP contribution in [-0.4, -0.2) is 44.8 Å². The van der Waals surface area contributed by atoms with Gasteiger partial charge in [0.15, 0.2) is 0 Å². The highest BCUT2D eigenvalue weighted by Gasteiger charge is 2.35. The molecule has 0 spiro atoms. The van der Waals surface area contributed by atoms with E-state index in [0.29, 0.717) is 15.6 Å². The molecule has 4 aromatic carbocycles. The van der Waals surface area contributed by atoms with Gasteiger partial charge in [-0.15, -0.1) is 0 Å². The average Bonchev–Trinajstić information content (AvgIpc) is 3.00. The topological polar surface area (TPSA) is 86.8 Å². The molecule has 44 heavy (non-hydrogen) atoms. The van der Waals surface area contributed by atoms with Crippen LogP contribution in [-0.2, 0) is 32.6 Å². The molecule has 0 saturated heterocycles. The Labute approximate surface area is 277 Å². The van der Waals surface area contributed by atoms with Crippen molar-refractivity contribution in [3.63, 3.8) is 0 Å². The first kappa shape index (κ1) is 33.6. The molecule has 1 N–H and O–H groups in total. The number of hydrogen-bond donors (Lipinski definition) is 1. The molecule has 0 bridgehead atoms. The zero-order chi connectivity index (χ0) is 32.0. The lowest BCUT2D eigenvalue weighted by Crippen LogP contribution is -2.53. The van der Waals surface area contributed by atoms with Gasteiger partial charge in [-0.05, 0) is 55.0 Å². The number of benzene rings is 4. The summed E-state index contributed by atoms with van der Waals surface area (Å²) >= 11 is 25.4. The molecule has 0 heterocycles. The first-order chi connectivity index (χ1) is 20.9. The summed E-state index contributed by atoms with van der Waals surface area (Å²) in [7, 11) is -2.83. The van der Waals surface area contributed by atoms with Crippen LogP contribution in [0.5, 0.6) is 0 Å². The quantitative estimate of drug-likeness (QED) is 0.180. The van der Waals surface area contributed by atoms with Crippen LogP contribution in [0.25, 0.3) is 0 Å². The number of carbonyl (C=O) groups excluding carboxylic acids is 2. The van der Waals surface area contributed by atoms with Crippen LogP contribution in [0.15, 0.2) is 95.9 Å². The molecule has 0 aliphatic carbocycles. The van der Waals surface area contributed by atoms with Gasteiger partial charge in [-0.25, -0.2) is 8.42 Å². The summed E-state index contributed by atoms with van der Waals surface area (Å²) in [5.41, 5.74) is 2.17. The van der Waals surface area contributed by atoms with Crippen molar-refractivity contribution in [2.45, 2.75) is 30.8 Å². The van der Waals surface area contributed by atoms with E-state index in [9.17, 15) is 18.0 Å². The number of nitrogens with zero attached hydrogens (tertiary/aromatic N) is 2. The smallest absolute Gasteiger partial charge is 0.264 e. The van der Waals surface area contributed by atoms with E-state index in [1.165, 1.54) is 42.3 Å². The zero-order valence-electron chi connectivity index (χ0n) is 23.8. The van der Waals surface area contributed by atoms with Gasteiger partial charge < -0.3 is 10.2 Å². The first-order valence-electron chi connectivity index (χ1n) is 13.4. The highest BCUT2D eigenvalue weighted by atomic mass is 35.5. The minimum atomic E-state index is -4.30. The second kappa shape index (κ2) is 14.7. The van der Waals surface area contributed by atoms with E-state index in [0.717, 1.165) is 15.4 Å². The van der Waals surface area contributed by atoms with Crippen molar-refractivity contribution in [1.82, 2.24) is 10.2 Å². The van der Waals surface area contributed by atoms with Gasteiger partial charge in [-0.1, -0.05) is 100 Å². The number of nitrogens with one attached hydrogen (secondary N) is 1. The monoisotopic (exact) mass is 691 g/mol. The van der Waals surface area contributed by atoms with Gasteiger partial charge in [-0.2, -0.15) is 0 Å². The van der Waals surface area contributed by atoms with Gasteiger partial charge in [0, 0.05) is 35.6 Å². The minimum absolute atomic E-state index is 0.0326. The largest absolute Gasteiger partial charge is 0.357 e. The lowest BCUT2D eigenvalue weighted by Gasteiger charge is -2.34. The molecule has 0 aromatic heterocycles. The third-order valence-electron chi connectivity index (χ3n) is 6.99. The second-order valence-electron chi connectivity index (χ2n) is 9.96. The van der Waals surface area contributed by atoms with Gasteiger partial charge in [-0.3, -0.25) is 13.9 Å². The molecule has 7 nitrogen and oxygen atoms in total. The third-order valence-corrected chi connectivity index (χ3v) is 10.2. The molecule has 0 saturated carbocycles. The summed E-state index contributed by atoms with van der Waals surface area (Å²) in [5, 5.41) is 3.53. The summed E-state index contributed by atoms with van der Waals surface area (Å²) in [6.45, 7) is 1.00. The van der Waals surface area contributed by atoms with Gasteiger partial charge in [0.2, 0.25) is 11.8 Å². The maximum atomic E-state index is 14.4. The molecular weight excluding hydrogens is 664 g/mol. The number of sulfonamides is 1. The molecule has 2 amide bonds. The zero-order valence-corrected chi connectivity index (χ0v) is 27.6. The fourth-order valence-corrected chi connectivity index (χ4v) is 6.80. The summed E-state index contributed by atoms with van der Waals surface area (Å²) in [6, 6.07) is 23.6. The molecule has 12 heteroatoms. The van der Waals surface area contributed by atoms with Crippen LogP contribution < -0.4 is 9.62 Å². The minimum Gasteiger partial charge on any atom is -0.357 e. The second-order valence-corrected chi connectivity index (χ2v) is 13.5. The predicted octanol–water partition coefficient (Wildman–Crippen LogP) is 7.19. The number of aryl methyl sites for hydroxylation is 1. The van der Waals surface area contributed by atoms with Gasteiger partial charge >= 0.3 is 0 Å². The number of hydrogen-bond acceptors (Lipinski definition) is 4. The van der Waals surface area contributed by atoms with E-state index in [1.54, 1.807) is 30.3 Å². The standard InChI is InChI=1S/C32H29Cl4N3O4S/c1-21-11-14-24(15-12-21)44(42,43)39(23-13-16-28(35)29(36)18-23)20-31(40)38(19-25-26(33)9-6-10-27(25)34)30(32(41)37-2)17-22-7-4-3-5-8-22/h3-16,18,30H,17,19-20H2,1-2H3,(H,37,41)/t30-/m1/s1. The fourth-order valence-electron chi connectivity index (χ4n) is 4.58. The van der Waals surface area contributed by atoms with Crippen LogP contribution in [0.3, 0.4) is 0 Å². The number of halogens is 4. The molecule has 0 unspecified atom stereocenters. The number of anilines is 1. The maximum absolute atomic E-state index is 14.4. The van der Waals surface area contributed by atoms with Crippen molar-refractivity contribution < 1.29 is 18.0 Å². The molecule has 0 aliphatic rings. The Balaban J connectivity index is 1.84. The third kappa shape index (κ3) is 7.86. The molecular formula is C32H29Cl4N3O4S. The van der Waals surface area contributed by atoms with Crippen molar-refractivity contribution >= 4 is 73.9 Å². The summed E-state index contributed by atoms with van der Waals surface area (Å²) in [6.07, 6.45) is 0.145. The molecule has 0 fully saturated rings. The van der Waals surface area contributed by atoms with Crippen LogP contribution in [0.1, 0.15) is 16.7 Å². The van der Waals surface area contributed by atoms with Crippen molar-refractivity contribution in [2.75, 3.05) is 17.9 Å². The van der Waals surface area contributed by atoms with E-state index in [-0.39, 0.29) is 33.6 Å². The molecule has 4 aromatic rings. The molecule has 4 rings (SSSR count). The summed E-state index contributed by atoms with van der Waals surface area (Å²) in [5.74, 6) is -1.12. The summed E-state index contributed by atoms with van der Waals surface area (Å²) < 4.78 is 29.1. The molecule has 0 radical (unpaired) electrons.